The zero-order chi connectivity index (χ0) is 11.7. The molecule has 1 aliphatic heterocycles. The van der Waals surface area contributed by atoms with E-state index in [4.69, 9.17) is 28.9 Å². The van der Waals surface area contributed by atoms with Crippen LogP contribution in [0.15, 0.2) is 6.07 Å². The van der Waals surface area contributed by atoms with Gasteiger partial charge >= 0.3 is 0 Å². The van der Waals surface area contributed by atoms with Crippen molar-refractivity contribution in [3.8, 4) is 0 Å². The van der Waals surface area contributed by atoms with E-state index >= 15 is 0 Å². The molecule has 1 aliphatic rings. The van der Waals surface area contributed by atoms with Gasteiger partial charge in [0, 0.05) is 19.1 Å². The summed E-state index contributed by atoms with van der Waals surface area (Å²) in [7, 11) is 0. The van der Waals surface area contributed by atoms with Crippen LogP contribution in [0.25, 0.3) is 0 Å². The third kappa shape index (κ3) is 2.51. The van der Waals surface area contributed by atoms with Crippen molar-refractivity contribution in [1.29, 1.82) is 0 Å². The molecule has 1 aromatic heterocycles. The second kappa shape index (κ2) is 4.92. The molecular formula is C10H12Cl2N2OS. The highest BCUT2D eigenvalue weighted by Crippen LogP contribution is 2.32. The van der Waals surface area contributed by atoms with Crippen LogP contribution in [0, 0.1) is 0 Å². The van der Waals surface area contributed by atoms with Gasteiger partial charge in [0.15, 0.2) is 0 Å². The molecule has 88 valence electrons. The van der Waals surface area contributed by atoms with E-state index in [0.717, 1.165) is 19.4 Å². The van der Waals surface area contributed by atoms with Crippen LogP contribution >= 0.6 is 34.5 Å². The summed E-state index contributed by atoms with van der Waals surface area (Å²) >= 11 is 13.0. The molecule has 0 radical (unpaired) electrons. The predicted molar refractivity (Wildman–Crippen MR) is 67.5 cm³/mol. The van der Waals surface area contributed by atoms with Gasteiger partial charge in [-0.3, -0.25) is 4.79 Å². The van der Waals surface area contributed by atoms with Gasteiger partial charge in [-0.25, -0.2) is 0 Å². The Morgan fingerprint density at radius 2 is 2.31 bits per heavy atom. The third-order valence-corrected chi connectivity index (χ3v) is 4.12. The Hall–Kier alpha value is -0.290. The lowest BCUT2D eigenvalue weighted by Crippen LogP contribution is -2.45. The Labute approximate surface area is 108 Å². The summed E-state index contributed by atoms with van der Waals surface area (Å²) in [5.41, 5.74) is 6.33. The second-order valence-electron chi connectivity index (χ2n) is 3.89. The van der Waals surface area contributed by atoms with Crippen LogP contribution in [-0.2, 0) is 0 Å². The summed E-state index contributed by atoms with van der Waals surface area (Å²) in [6.07, 6.45) is 1.92. The average Bonchev–Trinajstić information content (AvgIpc) is 2.57. The van der Waals surface area contributed by atoms with Gasteiger partial charge in [-0.05, 0) is 18.9 Å². The van der Waals surface area contributed by atoms with E-state index in [0.29, 0.717) is 20.8 Å². The first-order chi connectivity index (χ1) is 7.58. The van der Waals surface area contributed by atoms with Crippen molar-refractivity contribution in [3.63, 3.8) is 0 Å². The normalized spacial score (nSPS) is 21.2. The minimum Gasteiger partial charge on any atom is -0.337 e. The maximum atomic E-state index is 12.1. The first kappa shape index (κ1) is 12.2. The molecule has 0 aliphatic carbocycles. The summed E-state index contributed by atoms with van der Waals surface area (Å²) in [6.45, 7) is 1.35. The SMILES string of the molecule is N[C@@H]1CCCN(C(=O)c2cc(Cl)sc2Cl)C1. The highest BCUT2D eigenvalue weighted by atomic mass is 35.5. The van der Waals surface area contributed by atoms with Crippen molar-refractivity contribution < 1.29 is 4.79 Å². The van der Waals surface area contributed by atoms with Gasteiger partial charge in [-0.15, -0.1) is 11.3 Å². The Morgan fingerprint density at radius 3 is 2.88 bits per heavy atom. The quantitative estimate of drug-likeness (QED) is 0.859. The smallest absolute Gasteiger partial charge is 0.256 e. The van der Waals surface area contributed by atoms with Gasteiger partial charge in [0.25, 0.3) is 5.91 Å². The largest absolute Gasteiger partial charge is 0.337 e. The van der Waals surface area contributed by atoms with Gasteiger partial charge in [-0.1, -0.05) is 23.2 Å². The van der Waals surface area contributed by atoms with Crippen LogP contribution in [0.1, 0.15) is 23.2 Å². The molecule has 16 heavy (non-hydrogen) atoms. The van der Waals surface area contributed by atoms with Crippen LogP contribution in [0.2, 0.25) is 8.67 Å². The number of amides is 1. The van der Waals surface area contributed by atoms with Gasteiger partial charge in [-0.2, -0.15) is 0 Å². The van der Waals surface area contributed by atoms with Crippen molar-refractivity contribution in [2.75, 3.05) is 13.1 Å². The number of hydrogen-bond donors (Lipinski definition) is 1. The van der Waals surface area contributed by atoms with Crippen LogP contribution in [-0.4, -0.2) is 29.9 Å². The molecule has 0 unspecified atom stereocenters. The lowest BCUT2D eigenvalue weighted by molar-refractivity contribution is 0.0709. The zero-order valence-electron chi connectivity index (χ0n) is 8.58. The van der Waals surface area contributed by atoms with Crippen LogP contribution in [0.5, 0.6) is 0 Å². The van der Waals surface area contributed by atoms with E-state index in [2.05, 4.69) is 0 Å². The molecule has 2 rings (SSSR count). The van der Waals surface area contributed by atoms with Gasteiger partial charge < -0.3 is 10.6 Å². The number of halogens is 2. The lowest BCUT2D eigenvalue weighted by Gasteiger charge is -2.30. The molecule has 1 atom stereocenters. The highest BCUT2D eigenvalue weighted by Gasteiger charge is 2.24. The number of thiophene rings is 1. The monoisotopic (exact) mass is 278 g/mol. The Kier molecular flexibility index (Phi) is 3.74. The molecule has 0 aromatic carbocycles. The molecule has 6 heteroatoms. The second-order valence-corrected chi connectivity index (χ2v) is 6.18. The first-order valence-corrected chi connectivity index (χ1v) is 6.65. The van der Waals surface area contributed by atoms with E-state index < -0.39 is 0 Å². The molecule has 3 nitrogen and oxygen atoms in total. The van der Waals surface area contributed by atoms with Gasteiger partial charge in [0.2, 0.25) is 0 Å². The molecule has 0 saturated carbocycles. The van der Waals surface area contributed by atoms with Crippen LogP contribution in [0.3, 0.4) is 0 Å². The molecular weight excluding hydrogens is 267 g/mol. The van der Waals surface area contributed by atoms with Crippen LogP contribution < -0.4 is 5.73 Å². The number of nitrogens with two attached hydrogens (primary N) is 1. The van der Waals surface area contributed by atoms with E-state index in [1.54, 1.807) is 11.0 Å². The number of nitrogens with zero attached hydrogens (tertiary/aromatic N) is 1. The van der Waals surface area contributed by atoms with Crippen molar-refractivity contribution >= 4 is 40.4 Å². The average molecular weight is 279 g/mol. The Bertz CT molecular complexity index is 408. The minimum atomic E-state index is -0.0664. The third-order valence-electron chi connectivity index (χ3n) is 2.63. The molecule has 1 aromatic rings. The van der Waals surface area contributed by atoms with Crippen LogP contribution in [0.4, 0.5) is 0 Å². The Balaban J connectivity index is 2.15. The van der Waals surface area contributed by atoms with Crippen molar-refractivity contribution in [3.05, 3.63) is 20.3 Å². The highest BCUT2D eigenvalue weighted by molar-refractivity contribution is 7.20. The topological polar surface area (TPSA) is 46.3 Å². The lowest BCUT2D eigenvalue weighted by atomic mass is 10.1. The standard InChI is InChI=1S/C10H12Cl2N2OS/c11-8-4-7(9(12)16-8)10(15)14-3-1-2-6(13)5-14/h4,6H,1-3,5,13H2/t6-/m1/s1. The number of rotatable bonds is 1. The molecule has 1 fully saturated rings. The maximum Gasteiger partial charge on any atom is 0.256 e. The van der Waals surface area contributed by atoms with Crippen molar-refractivity contribution in [2.45, 2.75) is 18.9 Å². The summed E-state index contributed by atoms with van der Waals surface area (Å²) in [6, 6.07) is 1.70. The molecule has 1 amide bonds. The van der Waals surface area contributed by atoms with E-state index in [-0.39, 0.29) is 11.9 Å². The fraction of sp³-hybridized carbons (Fsp3) is 0.500. The van der Waals surface area contributed by atoms with Gasteiger partial charge in [0.05, 0.1) is 9.90 Å². The first-order valence-electron chi connectivity index (χ1n) is 5.07. The van der Waals surface area contributed by atoms with Crippen molar-refractivity contribution in [1.82, 2.24) is 4.90 Å². The number of carbonyl (C=O) groups excluding carboxylic acids is 1. The van der Waals surface area contributed by atoms with E-state index in [1.807, 2.05) is 0 Å². The number of likely N-dealkylation sites (tertiary alicyclic amines) is 1. The fourth-order valence-corrected chi connectivity index (χ4v) is 3.30. The minimum absolute atomic E-state index is 0.0664. The van der Waals surface area contributed by atoms with E-state index in [9.17, 15) is 4.79 Å². The molecule has 2 heterocycles. The summed E-state index contributed by atoms with van der Waals surface area (Å²) < 4.78 is 0.990. The molecule has 0 spiro atoms. The number of carbonyl (C=O) groups is 1. The van der Waals surface area contributed by atoms with Crippen molar-refractivity contribution in [2.24, 2.45) is 5.73 Å². The summed E-state index contributed by atoms with van der Waals surface area (Å²) in [5, 5.41) is 0. The Morgan fingerprint density at radius 1 is 1.56 bits per heavy atom. The number of hydrogen-bond acceptors (Lipinski definition) is 3. The van der Waals surface area contributed by atoms with E-state index in [1.165, 1.54) is 11.3 Å². The molecule has 1 saturated heterocycles. The molecule has 0 bridgehead atoms. The zero-order valence-corrected chi connectivity index (χ0v) is 10.9. The van der Waals surface area contributed by atoms with Gasteiger partial charge in [0.1, 0.15) is 4.34 Å². The maximum absolute atomic E-state index is 12.1. The molecule has 2 N–H and O–H groups in total. The summed E-state index contributed by atoms with van der Waals surface area (Å²) in [5.74, 6) is -0.0664. The number of piperidine rings is 1. The predicted octanol–water partition coefficient (Wildman–Crippen LogP) is 2.62. The summed E-state index contributed by atoms with van der Waals surface area (Å²) in [4.78, 5) is 13.9. The fourth-order valence-electron chi connectivity index (χ4n) is 1.85.